The first kappa shape index (κ1) is 15.2. The molecule has 0 spiro atoms. The fourth-order valence-electron chi connectivity index (χ4n) is 2.44. The van der Waals surface area contributed by atoms with Crippen molar-refractivity contribution in [2.45, 2.75) is 30.3 Å². The van der Waals surface area contributed by atoms with E-state index in [1.807, 2.05) is 30.3 Å². The van der Waals surface area contributed by atoms with Crippen LogP contribution in [0.15, 0.2) is 47.6 Å². The predicted molar refractivity (Wildman–Crippen MR) is 83.7 cm³/mol. The first-order valence-corrected chi connectivity index (χ1v) is 8.85. The normalized spacial score (nSPS) is 16.6. The smallest absolute Gasteiger partial charge is 0.243 e. The molecular weight excluding hydrogens is 300 g/mol. The van der Waals surface area contributed by atoms with Gasteiger partial charge in [0.05, 0.1) is 12.7 Å². The highest BCUT2D eigenvalue weighted by Crippen LogP contribution is 2.32. The maximum atomic E-state index is 12.4. The zero-order chi connectivity index (χ0) is 15.6. The summed E-state index contributed by atoms with van der Waals surface area (Å²) in [6.07, 6.45) is 5.01. The molecule has 6 nitrogen and oxygen atoms in total. The highest BCUT2D eigenvalue weighted by atomic mass is 32.2. The third kappa shape index (κ3) is 3.55. The minimum atomic E-state index is -3.56. The number of nitrogens with one attached hydrogen (secondary N) is 1. The summed E-state index contributed by atoms with van der Waals surface area (Å²) in [5.41, 5.74) is 6.73. The van der Waals surface area contributed by atoms with E-state index in [1.54, 1.807) is 10.9 Å². The van der Waals surface area contributed by atoms with Crippen molar-refractivity contribution in [1.82, 2.24) is 14.5 Å². The molecule has 1 aliphatic rings. The van der Waals surface area contributed by atoms with Crippen LogP contribution in [0.1, 0.15) is 18.4 Å². The lowest BCUT2D eigenvalue weighted by Gasteiger charge is -2.15. The number of hydrogen-bond acceptors (Lipinski definition) is 4. The second-order valence-electron chi connectivity index (χ2n) is 5.66. The molecule has 1 atom stereocenters. The third-order valence-electron chi connectivity index (χ3n) is 3.86. The second-order valence-corrected chi connectivity index (χ2v) is 7.37. The minimum absolute atomic E-state index is 0.178. The van der Waals surface area contributed by atoms with E-state index in [4.69, 9.17) is 5.73 Å². The van der Waals surface area contributed by atoms with Crippen LogP contribution < -0.4 is 10.5 Å². The lowest BCUT2D eigenvalue weighted by Crippen LogP contribution is -2.41. The lowest BCUT2D eigenvalue weighted by molar-refractivity contribution is 0.519. The summed E-state index contributed by atoms with van der Waals surface area (Å²) in [5.74, 6) is 0.374. The molecule has 3 N–H and O–H groups in total. The number of sulfonamides is 1. The molecule has 1 fully saturated rings. The van der Waals surface area contributed by atoms with E-state index >= 15 is 0 Å². The quantitative estimate of drug-likeness (QED) is 0.794. The Morgan fingerprint density at radius 2 is 2.05 bits per heavy atom. The van der Waals surface area contributed by atoms with E-state index in [1.165, 1.54) is 6.20 Å². The van der Waals surface area contributed by atoms with Gasteiger partial charge < -0.3 is 5.73 Å². The molecule has 1 aliphatic carbocycles. The van der Waals surface area contributed by atoms with E-state index in [0.717, 1.165) is 18.4 Å². The van der Waals surface area contributed by atoms with Gasteiger partial charge in [0.2, 0.25) is 10.0 Å². The van der Waals surface area contributed by atoms with Crippen LogP contribution in [0, 0.1) is 5.92 Å². The van der Waals surface area contributed by atoms with Crippen molar-refractivity contribution in [3.05, 3.63) is 48.3 Å². The van der Waals surface area contributed by atoms with Crippen molar-refractivity contribution in [1.29, 1.82) is 0 Å². The van der Waals surface area contributed by atoms with Crippen LogP contribution in [-0.4, -0.2) is 30.8 Å². The monoisotopic (exact) mass is 320 g/mol. The molecule has 118 valence electrons. The molecule has 0 saturated heterocycles. The van der Waals surface area contributed by atoms with Gasteiger partial charge in [-0.05, 0) is 24.3 Å². The Bertz CT molecular complexity index is 723. The van der Waals surface area contributed by atoms with Gasteiger partial charge in [0.15, 0.2) is 0 Å². The maximum absolute atomic E-state index is 12.4. The lowest BCUT2D eigenvalue weighted by atomic mass is 10.2. The van der Waals surface area contributed by atoms with Crippen molar-refractivity contribution in [2.75, 3.05) is 6.54 Å². The molecule has 0 aliphatic heterocycles. The molecule has 1 aromatic carbocycles. The van der Waals surface area contributed by atoms with Gasteiger partial charge in [0.1, 0.15) is 4.90 Å². The van der Waals surface area contributed by atoms with Crippen LogP contribution in [0.5, 0.6) is 0 Å². The summed E-state index contributed by atoms with van der Waals surface area (Å²) >= 11 is 0. The number of hydrogen-bond donors (Lipinski definition) is 2. The van der Waals surface area contributed by atoms with Crippen molar-refractivity contribution >= 4 is 10.0 Å². The van der Waals surface area contributed by atoms with Gasteiger partial charge in [0, 0.05) is 18.8 Å². The van der Waals surface area contributed by atoms with Crippen molar-refractivity contribution in [3.63, 3.8) is 0 Å². The van der Waals surface area contributed by atoms with E-state index in [2.05, 4.69) is 9.82 Å². The fourth-order valence-corrected chi connectivity index (χ4v) is 3.71. The summed E-state index contributed by atoms with van der Waals surface area (Å²) in [4.78, 5) is 0.183. The van der Waals surface area contributed by atoms with Crippen LogP contribution in [0.2, 0.25) is 0 Å². The number of aromatic nitrogens is 2. The molecule has 7 heteroatoms. The van der Waals surface area contributed by atoms with Gasteiger partial charge in [-0.1, -0.05) is 30.3 Å². The fraction of sp³-hybridized carbons (Fsp3) is 0.400. The molecule has 2 aromatic rings. The van der Waals surface area contributed by atoms with Gasteiger partial charge in [-0.25, -0.2) is 13.1 Å². The van der Waals surface area contributed by atoms with Crippen LogP contribution in [0.4, 0.5) is 0 Å². The number of benzene rings is 1. The van der Waals surface area contributed by atoms with E-state index in [0.29, 0.717) is 19.0 Å². The largest absolute Gasteiger partial charge is 0.329 e. The molecular formula is C15H20N4O2S. The minimum Gasteiger partial charge on any atom is -0.329 e. The summed E-state index contributed by atoms with van der Waals surface area (Å²) < 4.78 is 29.1. The molecule has 1 aromatic heterocycles. The zero-order valence-electron chi connectivity index (χ0n) is 12.2. The van der Waals surface area contributed by atoms with Crippen LogP contribution in [0.3, 0.4) is 0 Å². The Kier molecular flexibility index (Phi) is 4.28. The molecule has 22 heavy (non-hydrogen) atoms. The van der Waals surface area contributed by atoms with Crippen LogP contribution in [-0.2, 0) is 16.6 Å². The highest BCUT2D eigenvalue weighted by Gasteiger charge is 2.33. The van der Waals surface area contributed by atoms with Crippen molar-refractivity contribution in [2.24, 2.45) is 11.7 Å². The molecule has 3 rings (SSSR count). The number of nitrogens with zero attached hydrogens (tertiary/aromatic N) is 2. The predicted octanol–water partition coefficient (Wildman–Crippen LogP) is 0.947. The topological polar surface area (TPSA) is 90.0 Å². The highest BCUT2D eigenvalue weighted by molar-refractivity contribution is 7.89. The summed E-state index contributed by atoms with van der Waals surface area (Å²) in [6.45, 7) is 0.862. The first-order chi connectivity index (χ1) is 10.6. The van der Waals surface area contributed by atoms with Crippen LogP contribution >= 0.6 is 0 Å². The molecule has 0 amide bonds. The van der Waals surface area contributed by atoms with Gasteiger partial charge in [-0.15, -0.1) is 0 Å². The third-order valence-corrected chi connectivity index (χ3v) is 5.30. The summed E-state index contributed by atoms with van der Waals surface area (Å²) in [6, 6.07) is 9.61. The average Bonchev–Trinajstić information content (AvgIpc) is 3.25. The van der Waals surface area contributed by atoms with Gasteiger partial charge >= 0.3 is 0 Å². The molecule has 1 heterocycles. The second kappa shape index (κ2) is 6.20. The number of rotatable bonds is 7. The Morgan fingerprint density at radius 1 is 1.32 bits per heavy atom. The molecule has 0 radical (unpaired) electrons. The zero-order valence-corrected chi connectivity index (χ0v) is 13.0. The Balaban J connectivity index is 1.71. The Labute approximate surface area is 130 Å². The van der Waals surface area contributed by atoms with Crippen molar-refractivity contribution < 1.29 is 8.42 Å². The first-order valence-electron chi connectivity index (χ1n) is 7.37. The maximum Gasteiger partial charge on any atom is 0.243 e. The summed E-state index contributed by atoms with van der Waals surface area (Å²) in [7, 11) is -3.56. The van der Waals surface area contributed by atoms with Crippen LogP contribution in [0.25, 0.3) is 0 Å². The van der Waals surface area contributed by atoms with Crippen molar-refractivity contribution in [3.8, 4) is 0 Å². The van der Waals surface area contributed by atoms with Gasteiger partial charge in [-0.3, -0.25) is 4.68 Å². The van der Waals surface area contributed by atoms with Gasteiger partial charge in [0.25, 0.3) is 0 Å². The van der Waals surface area contributed by atoms with E-state index in [-0.39, 0.29) is 10.9 Å². The van der Waals surface area contributed by atoms with Gasteiger partial charge in [-0.2, -0.15) is 5.10 Å². The Morgan fingerprint density at radius 3 is 2.68 bits per heavy atom. The molecule has 1 unspecified atom stereocenters. The van der Waals surface area contributed by atoms with E-state index in [9.17, 15) is 8.42 Å². The Hall–Kier alpha value is -1.70. The molecule has 1 saturated carbocycles. The molecule has 0 bridgehead atoms. The van der Waals surface area contributed by atoms with E-state index < -0.39 is 10.0 Å². The summed E-state index contributed by atoms with van der Waals surface area (Å²) in [5, 5.41) is 4.14. The number of nitrogens with two attached hydrogens (primary N) is 1. The average molecular weight is 320 g/mol. The standard InChI is InChI=1S/C15H20N4O2S/c16-8-15(13-6-7-13)18-22(20,21)14-9-17-19(11-14)10-12-4-2-1-3-5-12/h1-5,9,11,13,15,18H,6-8,10,16H2. The SMILES string of the molecule is NCC(NS(=O)(=O)c1cnn(Cc2ccccc2)c1)C1CC1.